The van der Waals surface area contributed by atoms with Crippen LogP contribution >= 0.6 is 0 Å². The minimum absolute atomic E-state index is 0.786. The van der Waals surface area contributed by atoms with Gasteiger partial charge in [-0.2, -0.15) is 0 Å². The maximum atomic E-state index is 4.53. The van der Waals surface area contributed by atoms with E-state index in [1.54, 1.807) is 0 Å². The van der Waals surface area contributed by atoms with Crippen LogP contribution in [-0.4, -0.2) is 4.98 Å². The highest BCUT2D eigenvalue weighted by atomic mass is 14.7. The molecule has 0 atom stereocenters. The van der Waals surface area contributed by atoms with Gasteiger partial charge < -0.3 is 0 Å². The van der Waals surface area contributed by atoms with Gasteiger partial charge in [0.15, 0.2) is 0 Å². The highest BCUT2D eigenvalue weighted by Crippen LogP contribution is 2.38. The van der Waals surface area contributed by atoms with E-state index in [1.165, 1.54) is 29.8 Å². The first-order chi connectivity index (χ1) is 5.27. The van der Waals surface area contributed by atoms with E-state index >= 15 is 0 Å². The first kappa shape index (κ1) is 6.84. The molecule has 1 aliphatic carbocycles. The quantitative estimate of drug-likeness (QED) is 0.595. The van der Waals surface area contributed by atoms with Gasteiger partial charge in [-0.15, -0.1) is 0 Å². The van der Waals surface area contributed by atoms with Gasteiger partial charge in [0.2, 0.25) is 0 Å². The molecule has 1 aliphatic rings. The van der Waals surface area contributed by atoms with Gasteiger partial charge in [0.25, 0.3) is 0 Å². The number of aromatic nitrogens is 1. The Hall–Kier alpha value is -0.850. The van der Waals surface area contributed by atoms with Crippen molar-refractivity contribution in [1.29, 1.82) is 0 Å². The summed E-state index contributed by atoms with van der Waals surface area (Å²) in [5.74, 6) is 0.786. The van der Waals surface area contributed by atoms with E-state index in [-0.39, 0.29) is 0 Å². The molecular weight excluding hydrogens is 134 g/mol. The Kier molecular flexibility index (Phi) is 1.45. The topological polar surface area (TPSA) is 12.9 Å². The van der Waals surface area contributed by atoms with E-state index in [2.05, 4.69) is 31.0 Å². The first-order valence-electron chi connectivity index (χ1n) is 4.21. The van der Waals surface area contributed by atoms with E-state index in [4.69, 9.17) is 0 Å². The molecule has 1 fully saturated rings. The molecule has 0 aliphatic heterocycles. The van der Waals surface area contributed by atoms with Crippen LogP contribution in [0.25, 0.3) is 0 Å². The minimum atomic E-state index is 0.786. The van der Waals surface area contributed by atoms with Crippen LogP contribution in [0.2, 0.25) is 0 Å². The Morgan fingerprint density at radius 2 is 2.00 bits per heavy atom. The van der Waals surface area contributed by atoms with Crippen LogP contribution in [0.1, 0.15) is 35.7 Å². The Bertz CT molecular complexity index is 274. The fraction of sp³-hybridized carbons (Fsp3) is 0.500. The minimum Gasteiger partial charge on any atom is -0.258 e. The summed E-state index contributed by atoms with van der Waals surface area (Å²) in [5, 5.41) is 0. The second-order valence-electron chi connectivity index (χ2n) is 3.41. The van der Waals surface area contributed by atoms with E-state index in [1.807, 2.05) is 0 Å². The summed E-state index contributed by atoms with van der Waals surface area (Å²) in [6.07, 6.45) is 2.69. The number of rotatable bonds is 1. The summed E-state index contributed by atoms with van der Waals surface area (Å²) in [7, 11) is 0. The highest BCUT2D eigenvalue weighted by Gasteiger charge is 2.24. The molecule has 1 heterocycles. The van der Waals surface area contributed by atoms with Crippen LogP contribution in [0.3, 0.4) is 0 Å². The van der Waals surface area contributed by atoms with Crippen LogP contribution in [-0.2, 0) is 0 Å². The smallest absolute Gasteiger partial charge is 0.0437 e. The van der Waals surface area contributed by atoms with Gasteiger partial charge in [-0.25, -0.2) is 0 Å². The first-order valence-corrected chi connectivity index (χ1v) is 4.21. The standard InChI is InChI=1S/C10H13N/c1-7-3-6-10(9-4-5-9)11-8(7)2/h3,6,9H,4-5H2,1-2H3. The zero-order valence-electron chi connectivity index (χ0n) is 7.09. The van der Waals surface area contributed by atoms with Crippen molar-refractivity contribution >= 4 is 0 Å². The molecule has 0 amide bonds. The Morgan fingerprint density at radius 1 is 1.27 bits per heavy atom. The van der Waals surface area contributed by atoms with E-state index in [9.17, 15) is 0 Å². The SMILES string of the molecule is Cc1ccc(C2CC2)nc1C. The Labute approximate surface area is 67.5 Å². The maximum Gasteiger partial charge on any atom is 0.0437 e. The molecule has 0 spiro atoms. The molecule has 1 saturated carbocycles. The summed E-state index contributed by atoms with van der Waals surface area (Å²) in [6.45, 7) is 4.19. The Morgan fingerprint density at radius 3 is 2.55 bits per heavy atom. The molecule has 1 aromatic rings. The van der Waals surface area contributed by atoms with Crippen LogP contribution in [0, 0.1) is 13.8 Å². The van der Waals surface area contributed by atoms with Crippen molar-refractivity contribution in [2.24, 2.45) is 0 Å². The maximum absolute atomic E-state index is 4.53. The number of hydrogen-bond acceptors (Lipinski definition) is 1. The van der Waals surface area contributed by atoms with Crippen molar-refractivity contribution < 1.29 is 0 Å². The second-order valence-corrected chi connectivity index (χ2v) is 3.41. The van der Waals surface area contributed by atoms with Gasteiger partial charge in [0.1, 0.15) is 0 Å². The molecule has 0 unspecified atom stereocenters. The molecule has 1 aromatic heterocycles. The number of aryl methyl sites for hydroxylation is 2. The van der Waals surface area contributed by atoms with E-state index < -0.39 is 0 Å². The third-order valence-electron chi connectivity index (χ3n) is 2.37. The lowest BCUT2D eigenvalue weighted by atomic mass is 10.2. The fourth-order valence-corrected chi connectivity index (χ4v) is 1.26. The summed E-state index contributed by atoms with van der Waals surface area (Å²) >= 11 is 0. The van der Waals surface area contributed by atoms with Crippen LogP contribution < -0.4 is 0 Å². The zero-order valence-corrected chi connectivity index (χ0v) is 7.09. The number of pyridine rings is 1. The van der Waals surface area contributed by atoms with Crippen LogP contribution in [0.15, 0.2) is 12.1 Å². The average Bonchev–Trinajstić information content (AvgIpc) is 2.77. The molecule has 1 nitrogen and oxygen atoms in total. The van der Waals surface area contributed by atoms with Crippen LogP contribution in [0.4, 0.5) is 0 Å². The number of nitrogens with zero attached hydrogens (tertiary/aromatic N) is 1. The van der Waals surface area contributed by atoms with Gasteiger partial charge in [-0.05, 0) is 38.3 Å². The van der Waals surface area contributed by atoms with Gasteiger partial charge in [-0.1, -0.05) is 6.07 Å². The van der Waals surface area contributed by atoms with Crippen molar-refractivity contribution in [3.8, 4) is 0 Å². The van der Waals surface area contributed by atoms with Crippen molar-refractivity contribution in [2.45, 2.75) is 32.6 Å². The van der Waals surface area contributed by atoms with Gasteiger partial charge in [-0.3, -0.25) is 4.98 Å². The van der Waals surface area contributed by atoms with Crippen molar-refractivity contribution in [2.75, 3.05) is 0 Å². The van der Waals surface area contributed by atoms with Gasteiger partial charge >= 0.3 is 0 Å². The molecule has 0 aromatic carbocycles. The normalized spacial score (nSPS) is 16.9. The van der Waals surface area contributed by atoms with E-state index in [0.29, 0.717) is 0 Å². The zero-order chi connectivity index (χ0) is 7.84. The molecular formula is C10H13N. The summed E-state index contributed by atoms with van der Waals surface area (Å²) in [6, 6.07) is 4.34. The summed E-state index contributed by atoms with van der Waals surface area (Å²) in [5.41, 5.74) is 3.79. The lowest BCUT2D eigenvalue weighted by Crippen LogP contribution is -1.91. The monoisotopic (exact) mass is 147 g/mol. The Balaban J connectivity index is 2.36. The summed E-state index contributed by atoms with van der Waals surface area (Å²) < 4.78 is 0. The van der Waals surface area contributed by atoms with Gasteiger partial charge in [0, 0.05) is 17.3 Å². The third-order valence-corrected chi connectivity index (χ3v) is 2.37. The molecule has 0 radical (unpaired) electrons. The fourth-order valence-electron chi connectivity index (χ4n) is 1.26. The average molecular weight is 147 g/mol. The molecule has 0 N–H and O–H groups in total. The largest absolute Gasteiger partial charge is 0.258 e. The lowest BCUT2D eigenvalue weighted by Gasteiger charge is -2.01. The van der Waals surface area contributed by atoms with Crippen molar-refractivity contribution in [3.63, 3.8) is 0 Å². The predicted octanol–water partition coefficient (Wildman–Crippen LogP) is 2.58. The second kappa shape index (κ2) is 2.33. The van der Waals surface area contributed by atoms with Gasteiger partial charge in [0.05, 0.1) is 0 Å². The predicted molar refractivity (Wildman–Crippen MR) is 45.7 cm³/mol. The lowest BCUT2D eigenvalue weighted by molar-refractivity contribution is 0.982. The molecule has 0 saturated heterocycles. The van der Waals surface area contributed by atoms with Crippen molar-refractivity contribution in [1.82, 2.24) is 4.98 Å². The van der Waals surface area contributed by atoms with E-state index in [0.717, 1.165) is 5.92 Å². The molecule has 11 heavy (non-hydrogen) atoms. The molecule has 0 bridgehead atoms. The highest BCUT2D eigenvalue weighted by molar-refractivity contribution is 5.24. The molecule has 58 valence electrons. The third kappa shape index (κ3) is 1.28. The van der Waals surface area contributed by atoms with Crippen molar-refractivity contribution in [3.05, 3.63) is 29.1 Å². The van der Waals surface area contributed by atoms with Crippen LogP contribution in [0.5, 0.6) is 0 Å². The molecule has 2 rings (SSSR count). The molecule has 1 heteroatoms. The summed E-state index contributed by atoms with van der Waals surface area (Å²) in [4.78, 5) is 4.53. The number of hydrogen-bond donors (Lipinski definition) is 0.